The first-order chi connectivity index (χ1) is 20.4. The summed E-state index contributed by atoms with van der Waals surface area (Å²) >= 11 is 0. The first-order valence-corrected chi connectivity index (χ1v) is 16.2. The van der Waals surface area contributed by atoms with Crippen LogP contribution in [0.4, 0.5) is 0 Å². The molecule has 0 unspecified atom stereocenters. The van der Waals surface area contributed by atoms with Gasteiger partial charge in [-0.25, -0.2) is 0 Å². The van der Waals surface area contributed by atoms with E-state index in [-0.39, 0.29) is 28.6 Å². The van der Waals surface area contributed by atoms with Crippen LogP contribution in [-0.2, 0) is 25.7 Å². The molecule has 0 amide bonds. The second kappa shape index (κ2) is 17.8. The molecular formula is C36H56N2O5. The molecule has 3 aliphatic heterocycles. The molecule has 43 heavy (non-hydrogen) atoms. The lowest BCUT2D eigenvalue weighted by Crippen LogP contribution is -2.43. The maximum atomic E-state index is 11.7. The molecule has 240 valence electrons. The van der Waals surface area contributed by atoms with E-state index in [9.17, 15) is 14.4 Å². The number of aliphatic hydroxyl groups excluding tert-OH is 1. The normalized spacial score (nSPS) is 21.1. The highest BCUT2D eigenvalue weighted by atomic mass is 16.5. The molecule has 7 heteroatoms. The molecule has 0 aliphatic carbocycles. The van der Waals surface area contributed by atoms with Gasteiger partial charge in [-0.15, -0.1) is 6.42 Å². The van der Waals surface area contributed by atoms with Crippen molar-refractivity contribution in [3.05, 3.63) is 35.9 Å². The predicted octanol–water partition coefficient (Wildman–Crippen LogP) is 5.33. The number of Topliss-reactive ketones (excluding diaryl/α,β-unsaturated/α-hetero) is 3. The molecule has 3 heterocycles. The lowest BCUT2D eigenvalue weighted by Gasteiger charge is -2.38. The van der Waals surface area contributed by atoms with Crippen LogP contribution in [0.25, 0.3) is 0 Å². The fourth-order valence-electron chi connectivity index (χ4n) is 6.08. The van der Waals surface area contributed by atoms with E-state index in [2.05, 4.69) is 53.8 Å². The van der Waals surface area contributed by atoms with Crippen molar-refractivity contribution in [2.75, 3.05) is 52.5 Å². The molecule has 1 N–H and O–H groups in total. The van der Waals surface area contributed by atoms with E-state index in [1.165, 1.54) is 5.56 Å². The van der Waals surface area contributed by atoms with Crippen LogP contribution in [0.3, 0.4) is 0 Å². The van der Waals surface area contributed by atoms with Crippen LogP contribution in [0.2, 0.25) is 0 Å². The molecule has 1 aromatic carbocycles. The number of terminal acetylenes is 1. The lowest BCUT2D eigenvalue weighted by molar-refractivity contribution is -0.133. The van der Waals surface area contributed by atoms with Crippen LogP contribution in [0.1, 0.15) is 91.5 Å². The monoisotopic (exact) mass is 596 g/mol. The minimum absolute atomic E-state index is 0.0122. The smallest absolute Gasteiger partial charge is 0.164 e. The highest BCUT2D eigenvalue weighted by molar-refractivity contribution is 5.85. The van der Waals surface area contributed by atoms with Gasteiger partial charge in [0.05, 0.1) is 6.54 Å². The number of hydrogen-bond acceptors (Lipinski definition) is 7. The van der Waals surface area contributed by atoms with Gasteiger partial charge in [-0.2, -0.15) is 0 Å². The molecule has 3 fully saturated rings. The number of rotatable bonds is 9. The number of ether oxygens (including phenoxy) is 1. The minimum atomic E-state index is -0.324. The molecular weight excluding hydrogens is 540 g/mol. The number of carbonyl (C=O) groups excluding carboxylic acids is 3. The van der Waals surface area contributed by atoms with Gasteiger partial charge in [-0.3, -0.25) is 24.2 Å². The van der Waals surface area contributed by atoms with Crippen LogP contribution < -0.4 is 0 Å². The topological polar surface area (TPSA) is 87.2 Å². The van der Waals surface area contributed by atoms with Gasteiger partial charge < -0.3 is 9.84 Å². The van der Waals surface area contributed by atoms with E-state index in [0.717, 1.165) is 91.0 Å². The number of likely N-dealkylation sites (tertiary alicyclic amines) is 2. The third-order valence-electron chi connectivity index (χ3n) is 9.88. The van der Waals surface area contributed by atoms with Crippen molar-refractivity contribution in [2.24, 2.45) is 16.2 Å². The molecule has 0 bridgehead atoms. The van der Waals surface area contributed by atoms with Crippen LogP contribution in [0.15, 0.2) is 30.3 Å². The Bertz CT molecular complexity index is 1040. The van der Waals surface area contributed by atoms with Gasteiger partial charge in [0.25, 0.3) is 0 Å². The maximum Gasteiger partial charge on any atom is 0.164 e. The van der Waals surface area contributed by atoms with E-state index < -0.39 is 0 Å². The Balaban J connectivity index is 0.000000233. The number of aliphatic hydroxyl groups is 1. The van der Waals surface area contributed by atoms with Gasteiger partial charge >= 0.3 is 0 Å². The Morgan fingerprint density at radius 1 is 0.767 bits per heavy atom. The zero-order valence-corrected chi connectivity index (χ0v) is 27.5. The van der Waals surface area contributed by atoms with E-state index in [1.807, 2.05) is 26.8 Å². The minimum Gasteiger partial charge on any atom is -0.389 e. The maximum absolute atomic E-state index is 11.7. The Kier molecular flexibility index (Phi) is 15.2. The molecule has 0 saturated carbocycles. The number of benzene rings is 1. The summed E-state index contributed by atoms with van der Waals surface area (Å²) in [6.45, 7) is 16.6. The van der Waals surface area contributed by atoms with Crippen molar-refractivity contribution in [1.82, 2.24) is 9.80 Å². The number of nitrogens with zero attached hydrogens (tertiary/aromatic N) is 2. The second-order valence-corrected chi connectivity index (χ2v) is 13.2. The van der Waals surface area contributed by atoms with Gasteiger partial charge in [0.15, 0.2) is 5.78 Å². The predicted molar refractivity (Wildman–Crippen MR) is 173 cm³/mol. The van der Waals surface area contributed by atoms with Crippen molar-refractivity contribution in [3.63, 3.8) is 0 Å². The van der Waals surface area contributed by atoms with E-state index in [4.69, 9.17) is 16.3 Å². The molecule has 3 aliphatic rings. The molecule has 4 rings (SSSR count). The van der Waals surface area contributed by atoms with Crippen molar-refractivity contribution in [2.45, 2.75) is 92.5 Å². The third kappa shape index (κ3) is 11.2. The number of hydrogen-bond donors (Lipinski definition) is 1. The van der Waals surface area contributed by atoms with Gasteiger partial charge in [-0.1, -0.05) is 70.9 Å². The quantitative estimate of drug-likeness (QED) is 0.386. The molecule has 0 radical (unpaired) electrons. The fourth-order valence-corrected chi connectivity index (χ4v) is 6.08. The fraction of sp³-hybridized carbons (Fsp3) is 0.694. The summed E-state index contributed by atoms with van der Waals surface area (Å²) in [4.78, 5) is 39.4. The van der Waals surface area contributed by atoms with Gasteiger partial charge in [0.2, 0.25) is 0 Å². The molecule has 0 atom stereocenters. The summed E-state index contributed by atoms with van der Waals surface area (Å²) < 4.78 is 5.21. The Morgan fingerprint density at radius 3 is 1.65 bits per heavy atom. The summed E-state index contributed by atoms with van der Waals surface area (Å²) in [5.41, 5.74) is 0.837. The van der Waals surface area contributed by atoms with Crippen LogP contribution in [-0.4, -0.2) is 84.8 Å². The molecule has 0 aromatic heterocycles. The van der Waals surface area contributed by atoms with Crippen molar-refractivity contribution < 1.29 is 24.2 Å². The van der Waals surface area contributed by atoms with Crippen LogP contribution >= 0.6 is 0 Å². The largest absolute Gasteiger partial charge is 0.389 e. The summed E-state index contributed by atoms with van der Waals surface area (Å²) in [6, 6.07) is 10.4. The van der Waals surface area contributed by atoms with E-state index >= 15 is 0 Å². The van der Waals surface area contributed by atoms with Crippen LogP contribution in [0.5, 0.6) is 0 Å². The Labute approximate surface area is 260 Å². The third-order valence-corrected chi connectivity index (χ3v) is 9.88. The van der Waals surface area contributed by atoms with Crippen molar-refractivity contribution >= 4 is 17.3 Å². The van der Waals surface area contributed by atoms with Gasteiger partial charge in [0, 0.05) is 61.9 Å². The zero-order valence-electron chi connectivity index (χ0n) is 27.5. The summed E-state index contributed by atoms with van der Waals surface area (Å²) in [6.07, 6.45) is 12.0. The van der Waals surface area contributed by atoms with E-state index in [1.54, 1.807) is 0 Å². The van der Waals surface area contributed by atoms with Crippen molar-refractivity contribution in [3.8, 4) is 12.3 Å². The molecule has 3 saturated heterocycles. The highest BCUT2D eigenvalue weighted by Crippen LogP contribution is 2.34. The standard InChI is InChI=1S/C15H21NO2.C12H19NO.C9H16O2/c1-15(14(18)12-17)7-9-16(10-8-15)11-13-5-3-2-4-6-13;1-4-8-13-9-6-12(3,7-10-13)11(14)5-2;1-3-8(10)9(2)4-6-11-7-5-9/h2-6,17H,7-12H2,1H3;1H,5-10H2,2-3H3;3-7H2,1-2H3. The lowest BCUT2D eigenvalue weighted by atomic mass is 9.76. The Morgan fingerprint density at radius 2 is 1.21 bits per heavy atom. The number of carbonyl (C=O) groups is 3. The highest BCUT2D eigenvalue weighted by Gasteiger charge is 2.36. The Hall–Kier alpha value is -2.37. The first kappa shape index (κ1) is 36.8. The summed E-state index contributed by atoms with van der Waals surface area (Å²) in [5.74, 6) is 3.43. The van der Waals surface area contributed by atoms with Gasteiger partial charge in [0.1, 0.15) is 18.2 Å². The van der Waals surface area contributed by atoms with Gasteiger partial charge in [-0.05, 0) is 57.2 Å². The molecule has 7 nitrogen and oxygen atoms in total. The zero-order chi connectivity index (χ0) is 31.9. The number of piperidine rings is 2. The molecule has 0 spiro atoms. The average molecular weight is 597 g/mol. The summed E-state index contributed by atoms with van der Waals surface area (Å²) in [7, 11) is 0. The number of ketones is 3. The molecule has 1 aromatic rings. The van der Waals surface area contributed by atoms with E-state index in [0.29, 0.717) is 24.4 Å². The first-order valence-electron chi connectivity index (χ1n) is 16.2. The summed E-state index contributed by atoms with van der Waals surface area (Å²) in [5, 5.41) is 8.99. The van der Waals surface area contributed by atoms with Crippen molar-refractivity contribution in [1.29, 1.82) is 0 Å². The average Bonchev–Trinajstić information content (AvgIpc) is 3.03. The second-order valence-electron chi connectivity index (χ2n) is 13.2. The van der Waals surface area contributed by atoms with Crippen LogP contribution in [0, 0.1) is 28.6 Å². The SMILES string of the molecule is C#CCN1CCC(C)(C(=O)CC)CC1.CC1(C(=O)CO)CCN(Cc2ccccc2)CC1.CCC(=O)C1(C)CCOCC1.